The number of hydrogen-bond donors (Lipinski definition) is 2. The second-order valence-electron chi connectivity index (χ2n) is 8.10. The fourth-order valence-corrected chi connectivity index (χ4v) is 5.19. The predicted octanol–water partition coefficient (Wildman–Crippen LogP) is 3.23. The Balaban J connectivity index is 1.53. The first-order valence-electron chi connectivity index (χ1n) is 11.3. The number of likely N-dealkylation sites (tertiary alicyclic amines) is 2. The second kappa shape index (κ2) is 11.6. The molecule has 2 aliphatic heterocycles. The smallest absolute Gasteiger partial charge is 0.224 e. The molecule has 2 saturated heterocycles. The first kappa shape index (κ1) is 22.1. The zero-order valence-electron chi connectivity index (χ0n) is 18.0. The van der Waals surface area contributed by atoms with Crippen LogP contribution in [-0.2, 0) is 4.79 Å². The van der Waals surface area contributed by atoms with E-state index in [9.17, 15) is 4.79 Å². The quantitative estimate of drug-likeness (QED) is 0.502. The van der Waals surface area contributed by atoms with Gasteiger partial charge in [0.15, 0.2) is 5.96 Å². The molecule has 0 bridgehead atoms. The highest BCUT2D eigenvalue weighted by molar-refractivity contribution is 7.10. The molecule has 0 spiro atoms. The molecule has 0 aromatic carbocycles. The molecule has 6 nitrogen and oxygen atoms in total. The number of thiophene rings is 1. The Morgan fingerprint density at radius 1 is 1.24 bits per heavy atom. The van der Waals surface area contributed by atoms with Crippen LogP contribution in [0.5, 0.6) is 0 Å². The SMILES string of the molecule is CCNC(=NCC(c1cccs1)N1CCCC1)NCCC(=O)N1CCCCC1C. The predicted molar refractivity (Wildman–Crippen MR) is 121 cm³/mol. The number of piperidine rings is 1. The van der Waals surface area contributed by atoms with E-state index in [-0.39, 0.29) is 5.91 Å². The lowest BCUT2D eigenvalue weighted by Gasteiger charge is -2.33. The van der Waals surface area contributed by atoms with Crippen molar-refractivity contribution in [2.75, 3.05) is 39.3 Å². The lowest BCUT2D eigenvalue weighted by atomic mass is 10.0. The molecule has 3 heterocycles. The van der Waals surface area contributed by atoms with Gasteiger partial charge in [-0.25, -0.2) is 0 Å². The lowest BCUT2D eigenvalue weighted by Crippen LogP contribution is -2.44. The maximum absolute atomic E-state index is 12.6. The summed E-state index contributed by atoms with van der Waals surface area (Å²) in [6, 6.07) is 5.08. The van der Waals surface area contributed by atoms with Crippen molar-refractivity contribution in [2.24, 2.45) is 4.99 Å². The van der Waals surface area contributed by atoms with Gasteiger partial charge < -0.3 is 15.5 Å². The molecular formula is C22H37N5OS. The van der Waals surface area contributed by atoms with E-state index in [0.29, 0.717) is 25.0 Å². The summed E-state index contributed by atoms with van der Waals surface area (Å²) >= 11 is 1.82. The Morgan fingerprint density at radius 2 is 2.03 bits per heavy atom. The number of hydrogen-bond acceptors (Lipinski definition) is 4. The van der Waals surface area contributed by atoms with E-state index >= 15 is 0 Å². The molecule has 1 aromatic rings. The van der Waals surface area contributed by atoms with Crippen LogP contribution in [0.1, 0.15) is 63.3 Å². The van der Waals surface area contributed by atoms with E-state index < -0.39 is 0 Å². The van der Waals surface area contributed by atoms with Crippen LogP contribution in [0, 0.1) is 0 Å². The van der Waals surface area contributed by atoms with Crippen LogP contribution in [-0.4, -0.2) is 67.0 Å². The van der Waals surface area contributed by atoms with Gasteiger partial charge in [-0.2, -0.15) is 0 Å². The van der Waals surface area contributed by atoms with Gasteiger partial charge in [0.1, 0.15) is 0 Å². The molecule has 1 amide bonds. The largest absolute Gasteiger partial charge is 0.357 e. The fourth-order valence-electron chi connectivity index (χ4n) is 4.34. The van der Waals surface area contributed by atoms with E-state index in [2.05, 4.69) is 51.8 Å². The highest BCUT2D eigenvalue weighted by atomic mass is 32.1. The third-order valence-electron chi connectivity index (χ3n) is 5.97. The maximum Gasteiger partial charge on any atom is 0.224 e. The molecule has 0 aliphatic carbocycles. The van der Waals surface area contributed by atoms with Crippen molar-refractivity contribution in [3.63, 3.8) is 0 Å². The normalized spacial score (nSPS) is 21.9. The summed E-state index contributed by atoms with van der Waals surface area (Å²) in [6.07, 6.45) is 6.58. The standard InChI is InChI=1S/C22H37N5OS/c1-3-23-22(24-12-11-21(28)27-15-5-4-9-18(27)2)25-17-19(20-10-8-16-29-20)26-13-6-7-14-26/h8,10,16,18-19H,3-7,9,11-15,17H2,1-2H3,(H2,23,24,25). The first-order chi connectivity index (χ1) is 14.2. The Morgan fingerprint density at radius 3 is 2.72 bits per heavy atom. The first-order valence-corrected chi connectivity index (χ1v) is 12.2. The molecule has 2 aliphatic rings. The van der Waals surface area contributed by atoms with Crippen LogP contribution >= 0.6 is 11.3 Å². The van der Waals surface area contributed by atoms with Crippen LogP contribution in [0.15, 0.2) is 22.5 Å². The van der Waals surface area contributed by atoms with Crippen molar-refractivity contribution in [1.82, 2.24) is 20.4 Å². The van der Waals surface area contributed by atoms with Gasteiger partial charge in [0, 0.05) is 37.0 Å². The molecule has 1 aromatic heterocycles. The Labute approximate surface area is 179 Å². The van der Waals surface area contributed by atoms with Crippen molar-refractivity contribution in [1.29, 1.82) is 0 Å². The number of carbonyl (C=O) groups excluding carboxylic acids is 1. The number of nitrogens with one attached hydrogen (secondary N) is 2. The van der Waals surface area contributed by atoms with Crippen molar-refractivity contribution < 1.29 is 4.79 Å². The highest BCUT2D eigenvalue weighted by Gasteiger charge is 2.24. The van der Waals surface area contributed by atoms with E-state index in [1.54, 1.807) is 0 Å². The molecule has 2 atom stereocenters. The molecule has 29 heavy (non-hydrogen) atoms. The molecular weight excluding hydrogens is 382 g/mol. The summed E-state index contributed by atoms with van der Waals surface area (Å²) in [7, 11) is 0. The van der Waals surface area contributed by atoms with Gasteiger partial charge >= 0.3 is 0 Å². The average molecular weight is 420 g/mol. The summed E-state index contributed by atoms with van der Waals surface area (Å²) in [5.41, 5.74) is 0. The Bertz CT molecular complexity index is 642. The fraction of sp³-hybridized carbons (Fsp3) is 0.727. The summed E-state index contributed by atoms with van der Waals surface area (Å²) in [6.45, 7) is 9.65. The van der Waals surface area contributed by atoms with E-state index in [0.717, 1.165) is 51.5 Å². The van der Waals surface area contributed by atoms with Crippen molar-refractivity contribution >= 4 is 23.2 Å². The van der Waals surface area contributed by atoms with E-state index in [1.165, 1.54) is 24.1 Å². The third kappa shape index (κ3) is 6.44. The van der Waals surface area contributed by atoms with E-state index in [4.69, 9.17) is 4.99 Å². The number of rotatable bonds is 8. The summed E-state index contributed by atoms with van der Waals surface area (Å²) in [5.74, 6) is 1.07. The molecule has 0 saturated carbocycles. The molecule has 0 radical (unpaired) electrons. The Hall–Kier alpha value is -1.60. The van der Waals surface area contributed by atoms with Gasteiger partial charge in [-0.15, -0.1) is 11.3 Å². The average Bonchev–Trinajstić information content (AvgIpc) is 3.43. The number of guanidine groups is 1. The van der Waals surface area contributed by atoms with Gasteiger partial charge in [0.25, 0.3) is 0 Å². The zero-order valence-corrected chi connectivity index (χ0v) is 18.8. The zero-order chi connectivity index (χ0) is 20.5. The lowest BCUT2D eigenvalue weighted by molar-refractivity contribution is -0.134. The molecule has 2 fully saturated rings. The van der Waals surface area contributed by atoms with Gasteiger partial charge in [0.05, 0.1) is 12.6 Å². The van der Waals surface area contributed by atoms with Gasteiger partial charge in [0.2, 0.25) is 5.91 Å². The minimum absolute atomic E-state index is 0.258. The maximum atomic E-state index is 12.6. The number of carbonyl (C=O) groups is 1. The van der Waals surface area contributed by atoms with Crippen molar-refractivity contribution in [3.05, 3.63) is 22.4 Å². The van der Waals surface area contributed by atoms with Crippen LogP contribution in [0.25, 0.3) is 0 Å². The molecule has 3 rings (SSSR count). The third-order valence-corrected chi connectivity index (χ3v) is 6.95. The molecule has 2 N–H and O–H groups in total. The number of nitrogens with zero attached hydrogens (tertiary/aromatic N) is 3. The molecule has 2 unspecified atom stereocenters. The van der Waals surface area contributed by atoms with Gasteiger partial charge in [-0.3, -0.25) is 14.7 Å². The summed E-state index contributed by atoms with van der Waals surface area (Å²) in [5, 5.41) is 8.86. The monoisotopic (exact) mass is 419 g/mol. The second-order valence-corrected chi connectivity index (χ2v) is 9.08. The van der Waals surface area contributed by atoms with Crippen LogP contribution in [0.2, 0.25) is 0 Å². The summed E-state index contributed by atoms with van der Waals surface area (Å²) < 4.78 is 0. The number of amides is 1. The van der Waals surface area contributed by atoms with Crippen molar-refractivity contribution in [2.45, 2.75) is 64.5 Å². The van der Waals surface area contributed by atoms with Crippen LogP contribution < -0.4 is 10.6 Å². The molecule has 7 heteroatoms. The van der Waals surface area contributed by atoms with Crippen LogP contribution in [0.4, 0.5) is 0 Å². The minimum Gasteiger partial charge on any atom is -0.357 e. The summed E-state index contributed by atoms with van der Waals surface area (Å²) in [4.78, 5) is 23.4. The highest BCUT2D eigenvalue weighted by Crippen LogP contribution is 2.28. The minimum atomic E-state index is 0.258. The van der Waals surface area contributed by atoms with Gasteiger partial charge in [-0.1, -0.05) is 6.07 Å². The van der Waals surface area contributed by atoms with Gasteiger partial charge in [-0.05, 0) is 70.5 Å². The topological polar surface area (TPSA) is 60.0 Å². The van der Waals surface area contributed by atoms with Crippen molar-refractivity contribution in [3.8, 4) is 0 Å². The number of aliphatic imine (C=N–C) groups is 1. The Kier molecular flexibility index (Phi) is 8.80. The van der Waals surface area contributed by atoms with Crippen LogP contribution in [0.3, 0.4) is 0 Å². The molecule has 162 valence electrons. The van der Waals surface area contributed by atoms with E-state index in [1.807, 2.05) is 11.3 Å².